The van der Waals surface area contributed by atoms with Gasteiger partial charge in [-0.05, 0) is 18.2 Å². The van der Waals surface area contributed by atoms with Gasteiger partial charge in [0.25, 0.3) is 5.91 Å². The number of nitrogens with zero attached hydrogens (tertiary/aromatic N) is 1. The molecule has 0 unspecified atom stereocenters. The molecule has 0 bridgehead atoms. The number of ether oxygens (including phenoxy) is 1. The summed E-state index contributed by atoms with van der Waals surface area (Å²) >= 11 is 14.8. The molecule has 4 nitrogen and oxygen atoms in total. The molecule has 2 heterocycles. The smallest absolute Gasteiger partial charge is 0.350 e. The highest BCUT2D eigenvalue weighted by molar-refractivity contribution is 7.21. The van der Waals surface area contributed by atoms with E-state index in [0.29, 0.717) is 20.8 Å². The lowest BCUT2D eigenvalue weighted by Gasteiger charge is -2.15. The zero-order chi connectivity index (χ0) is 18.0. The minimum Gasteiger partial charge on any atom is -0.451 e. The van der Waals surface area contributed by atoms with Crippen LogP contribution in [0.2, 0.25) is 9.36 Å². The number of amides is 1. The van der Waals surface area contributed by atoms with E-state index >= 15 is 0 Å². The van der Waals surface area contributed by atoms with Crippen molar-refractivity contribution in [3.63, 3.8) is 0 Å². The van der Waals surface area contributed by atoms with E-state index in [2.05, 4.69) is 0 Å². The van der Waals surface area contributed by atoms with E-state index in [1.165, 1.54) is 27.6 Å². The van der Waals surface area contributed by atoms with Crippen molar-refractivity contribution >= 4 is 67.8 Å². The van der Waals surface area contributed by atoms with Gasteiger partial charge in [-0.15, -0.1) is 22.7 Å². The van der Waals surface area contributed by atoms with Crippen molar-refractivity contribution in [1.82, 2.24) is 4.90 Å². The quantitative estimate of drug-likeness (QED) is 0.547. The number of halogens is 2. The van der Waals surface area contributed by atoms with E-state index in [0.717, 1.165) is 15.0 Å². The third-order valence-electron chi connectivity index (χ3n) is 3.49. The SMILES string of the molecule is CN(Cc1ccc(Cl)s1)C(=O)COC(=O)c1sc2ccccc2c1Cl. The second-order valence-electron chi connectivity index (χ2n) is 5.27. The number of hydrogen-bond donors (Lipinski definition) is 0. The molecule has 1 amide bonds. The first-order chi connectivity index (χ1) is 12.0. The molecule has 0 saturated carbocycles. The van der Waals surface area contributed by atoms with Crippen LogP contribution in [0.3, 0.4) is 0 Å². The van der Waals surface area contributed by atoms with Gasteiger partial charge in [-0.3, -0.25) is 4.79 Å². The average Bonchev–Trinajstić information content (AvgIpc) is 3.16. The number of rotatable bonds is 5. The van der Waals surface area contributed by atoms with Crippen LogP contribution < -0.4 is 0 Å². The summed E-state index contributed by atoms with van der Waals surface area (Å²) in [7, 11) is 1.65. The summed E-state index contributed by atoms with van der Waals surface area (Å²) in [6.07, 6.45) is 0. The molecule has 0 aliphatic carbocycles. The van der Waals surface area contributed by atoms with Crippen LogP contribution in [0.1, 0.15) is 14.5 Å². The number of carbonyl (C=O) groups is 2. The summed E-state index contributed by atoms with van der Waals surface area (Å²) in [5.41, 5.74) is 0. The fourth-order valence-corrected chi connectivity index (χ4v) is 4.75. The summed E-state index contributed by atoms with van der Waals surface area (Å²) in [6.45, 7) is 0.0798. The van der Waals surface area contributed by atoms with Crippen molar-refractivity contribution in [2.75, 3.05) is 13.7 Å². The van der Waals surface area contributed by atoms with Crippen LogP contribution in [0.15, 0.2) is 36.4 Å². The monoisotopic (exact) mass is 413 g/mol. The first-order valence-corrected chi connectivity index (χ1v) is 9.67. The molecule has 0 saturated heterocycles. The zero-order valence-electron chi connectivity index (χ0n) is 13.1. The molecule has 0 aliphatic heterocycles. The maximum absolute atomic E-state index is 12.2. The maximum atomic E-state index is 12.2. The summed E-state index contributed by atoms with van der Waals surface area (Å²) in [4.78, 5) is 27.1. The highest BCUT2D eigenvalue weighted by Gasteiger charge is 2.20. The van der Waals surface area contributed by atoms with E-state index < -0.39 is 5.97 Å². The molecule has 0 aliphatic rings. The van der Waals surface area contributed by atoms with Crippen LogP contribution in [0.5, 0.6) is 0 Å². The topological polar surface area (TPSA) is 46.6 Å². The van der Waals surface area contributed by atoms with Crippen LogP contribution in [0, 0.1) is 0 Å². The van der Waals surface area contributed by atoms with Crippen molar-refractivity contribution in [2.24, 2.45) is 0 Å². The van der Waals surface area contributed by atoms with Gasteiger partial charge in [0, 0.05) is 22.0 Å². The molecule has 3 rings (SSSR count). The Morgan fingerprint density at radius 1 is 1.12 bits per heavy atom. The second-order valence-corrected chi connectivity index (χ2v) is 8.50. The van der Waals surface area contributed by atoms with Crippen LogP contribution in [-0.2, 0) is 16.1 Å². The third kappa shape index (κ3) is 4.15. The minimum absolute atomic E-state index is 0.296. The largest absolute Gasteiger partial charge is 0.451 e. The van der Waals surface area contributed by atoms with Crippen molar-refractivity contribution in [3.8, 4) is 0 Å². The lowest BCUT2D eigenvalue weighted by molar-refractivity contribution is -0.133. The van der Waals surface area contributed by atoms with E-state index in [4.69, 9.17) is 27.9 Å². The van der Waals surface area contributed by atoms with Crippen molar-refractivity contribution < 1.29 is 14.3 Å². The van der Waals surface area contributed by atoms with E-state index in [1.54, 1.807) is 13.1 Å². The predicted molar refractivity (Wildman–Crippen MR) is 103 cm³/mol. The Morgan fingerprint density at radius 3 is 2.56 bits per heavy atom. The summed E-state index contributed by atoms with van der Waals surface area (Å²) in [5, 5.41) is 1.17. The van der Waals surface area contributed by atoms with Crippen LogP contribution in [0.4, 0.5) is 0 Å². The Morgan fingerprint density at radius 2 is 1.88 bits per heavy atom. The standard InChI is InChI=1S/C17H13Cl2NO3S2/c1-20(8-10-6-7-13(18)24-10)14(21)9-23-17(22)16-15(19)11-4-2-3-5-12(11)25-16/h2-7H,8-9H2,1H3. The molecular weight excluding hydrogens is 401 g/mol. The van der Waals surface area contributed by atoms with Crippen molar-refractivity contribution in [3.05, 3.63) is 55.5 Å². The average molecular weight is 414 g/mol. The first-order valence-electron chi connectivity index (χ1n) is 7.28. The molecule has 0 fully saturated rings. The lowest BCUT2D eigenvalue weighted by Crippen LogP contribution is -2.30. The van der Waals surface area contributed by atoms with Crippen LogP contribution in [-0.4, -0.2) is 30.4 Å². The molecule has 130 valence electrons. The fourth-order valence-electron chi connectivity index (χ4n) is 2.21. The Kier molecular flexibility index (Phi) is 5.64. The fraction of sp³-hybridized carbons (Fsp3) is 0.176. The van der Waals surface area contributed by atoms with Gasteiger partial charge in [0.1, 0.15) is 4.88 Å². The van der Waals surface area contributed by atoms with Gasteiger partial charge in [-0.1, -0.05) is 41.4 Å². The number of benzene rings is 1. The van der Waals surface area contributed by atoms with Gasteiger partial charge < -0.3 is 9.64 Å². The van der Waals surface area contributed by atoms with Gasteiger partial charge in [0.2, 0.25) is 0 Å². The Balaban J connectivity index is 1.61. The third-order valence-corrected chi connectivity index (χ3v) is 6.37. The number of thiophene rings is 2. The minimum atomic E-state index is -0.591. The molecule has 0 radical (unpaired) electrons. The molecule has 0 spiro atoms. The van der Waals surface area contributed by atoms with Gasteiger partial charge in [0.05, 0.1) is 15.9 Å². The van der Waals surface area contributed by atoms with Crippen LogP contribution >= 0.6 is 45.9 Å². The Bertz CT molecular complexity index is 935. The maximum Gasteiger partial charge on any atom is 0.350 e. The van der Waals surface area contributed by atoms with Crippen molar-refractivity contribution in [2.45, 2.75) is 6.54 Å². The molecular formula is C17H13Cl2NO3S2. The zero-order valence-corrected chi connectivity index (χ0v) is 16.3. The van der Waals surface area contributed by atoms with Gasteiger partial charge >= 0.3 is 5.97 Å². The molecule has 3 aromatic rings. The number of fused-ring (bicyclic) bond motifs is 1. The molecule has 25 heavy (non-hydrogen) atoms. The molecule has 0 atom stereocenters. The molecule has 8 heteroatoms. The number of hydrogen-bond acceptors (Lipinski definition) is 5. The second kappa shape index (κ2) is 7.74. The number of carbonyl (C=O) groups excluding carboxylic acids is 2. The normalized spacial score (nSPS) is 10.8. The van der Waals surface area contributed by atoms with Crippen molar-refractivity contribution in [1.29, 1.82) is 0 Å². The van der Waals surface area contributed by atoms with Gasteiger partial charge in [-0.2, -0.15) is 0 Å². The van der Waals surface area contributed by atoms with E-state index in [9.17, 15) is 9.59 Å². The molecule has 2 aromatic heterocycles. The Labute approximate surface area is 162 Å². The van der Waals surface area contributed by atoms with Crippen LogP contribution in [0.25, 0.3) is 10.1 Å². The number of likely N-dealkylation sites (N-methyl/N-ethyl adjacent to an activating group) is 1. The summed E-state index contributed by atoms with van der Waals surface area (Å²) in [6, 6.07) is 11.1. The van der Waals surface area contributed by atoms with E-state index in [1.807, 2.05) is 30.3 Å². The van der Waals surface area contributed by atoms with Gasteiger partial charge in [-0.25, -0.2) is 4.79 Å². The van der Waals surface area contributed by atoms with Gasteiger partial charge in [0.15, 0.2) is 6.61 Å². The summed E-state index contributed by atoms with van der Waals surface area (Å²) < 4.78 is 6.71. The summed E-state index contributed by atoms with van der Waals surface area (Å²) in [5.74, 6) is -0.887. The number of esters is 1. The Hall–Kier alpha value is -1.60. The predicted octanol–water partition coefficient (Wildman–Crippen LogP) is 5.09. The highest BCUT2D eigenvalue weighted by atomic mass is 35.5. The molecule has 1 aromatic carbocycles. The molecule has 0 N–H and O–H groups in total. The van der Waals surface area contributed by atoms with E-state index in [-0.39, 0.29) is 12.5 Å². The highest BCUT2D eigenvalue weighted by Crippen LogP contribution is 2.35. The lowest BCUT2D eigenvalue weighted by atomic mass is 10.2. The first kappa shape index (κ1) is 18.2.